The number of quaternary nitrogens is 2. The van der Waals surface area contributed by atoms with Crippen LogP contribution in [0, 0.1) is 23.7 Å². The average molecular weight is 564 g/mol. The highest BCUT2D eigenvalue weighted by atomic mass is 35.5. The Morgan fingerprint density at radius 1 is 0.500 bits per heavy atom. The molecule has 1 aliphatic heterocycles. The van der Waals surface area contributed by atoms with Gasteiger partial charge in [-0.05, 0) is 23.0 Å². The van der Waals surface area contributed by atoms with Crippen LogP contribution in [0.3, 0.4) is 0 Å². The number of hydrogen-bond acceptors (Lipinski definition) is 4. The Balaban J connectivity index is 0.00000361. The maximum absolute atomic E-state index is 5.61. The Morgan fingerprint density at radius 2 is 0.868 bits per heavy atom. The van der Waals surface area contributed by atoms with E-state index >= 15 is 0 Å². The van der Waals surface area contributed by atoms with Gasteiger partial charge in [0, 0.05) is 0 Å². The molecule has 1 saturated heterocycles. The zero-order valence-electron chi connectivity index (χ0n) is 22.1. The van der Waals surface area contributed by atoms with Crippen molar-refractivity contribution in [2.45, 2.75) is 13.2 Å². The summed E-state index contributed by atoms with van der Waals surface area (Å²) >= 11 is 0. The molecular formula is C30H40Cl2N2O4. The minimum atomic E-state index is 0. The van der Waals surface area contributed by atoms with Gasteiger partial charge >= 0.3 is 0 Å². The minimum Gasteiger partial charge on any atom is -1.00 e. The van der Waals surface area contributed by atoms with Crippen LogP contribution in [0.15, 0.2) is 60.7 Å². The average Bonchev–Trinajstić information content (AvgIpc) is 2.93. The lowest BCUT2D eigenvalue weighted by Crippen LogP contribution is -3.28. The summed E-state index contributed by atoms with van der Waals surface area (Å²) in [5.74, 6) is 12.8. The molecule has 208 valence electrons. The van der Waals surface area contributed by atoms with E-state index in [1.165, 1.54) is 11.1 Å². The van der Waals surface area contributed by atoms with Crippen molar-refractivity contribution < 1.29 is 53.6 Å². The zero-order valence-corrected chi connectivity index (χ0v) is 23.6. The first kappa shape index (κ1) is 33.9. The quantitative estimate of drug-likeness (QED) is 0.178. The summed E-state index contributed by atoms with van der Waals surface area (Å²) in [6.45, 7) is 10.8. The maximum atomic E-state index is 5.61. The van der Waals surface area contributed by atoms with Crippen molar-refractivity contribution in [1.29, 1.82) is 0 Å². The molecule has 8 heteroatoms. The predicted octanol–water partition coefficient (Wildman–Crippen LogP) is -5.75. The molecule has 0 radical (unpaired) electrons. The van der Waals surface area contributed by atoms with Gasteiger partial charge in [-0.25, -0.2) is 0 Å². The van der Waals surface area contributed by atoms with Gasteiger partial charge in [0.1, 0.15) is 52.5 Å². The topological polar surface area (TPSA) is 45.8 Å². The summed E-state index contributed by atoms with van der Waals surface area (Å²) in [7, 11) is 0. The van der Waals surface area contributed by atoms with E-state index in [0.717, 1.165) is 39.3 Å². The number of benzene rings is 2. The molecule has 0 bridgehead atoms. The van der Waals surface area contributed by atoms with E-state index in [9.17, 15) is 0 Å². The van der Waals surface area contributed by atoms with Gasteiger partial charge in [0.2, 0.25) is 0 Å². The third-order valence-corrected chi connectivity index (χ3v) is 5.91. The largest absolute Gasteiger partial charge is 1.00 e. The number of piperazine rings is 1. The first-order chi connectivity index (χ1) is 17.9. The van der Waals surface area contributed by atoms with Gasteiger partial charge in [-0.15, -0.1) is 0 Å². The third-order valence-electron chi connectivity index (χ3n) is 5.91. The smallest absolute Gasteiger partial charge is 0.139 e. The van der Waals surface area contributed by atoms with Crippen LogP contribution in [0.4, 0.5) is 0 Å². The van der Waals surface area contributed by atoms with Crippen LogP contribution < -0.4 is 34.6 Å². The molecular weight excluding hydrogens is 523 g/mol. The fourth-order valence-electron chi connectivity index (χ4n) is 3.80. The second-order valence-electron chi connectivity index (χ2n) is 8.74. The molecule has 0 amide bonds. The van der Waals surface area contributed by atoms with Crippen molar-refractivity contribution in [2.24, 2.45) is 0 Å². The van der Waals surface area contributed by atoms with Crippen LogP contribution >= 0.6 is 0 Å². The number of rotatable bonds is 14. The molecule has 6 nitrogen and oxygen atoms in total. The second kappa shape index (κ2) is 22.8. The summed E-state index contributed by atoms with van der Waals surface area (Å²) in [6, 6.07) is 20.3. The summed E-state index contributed by atoms with van der Waals surface area (Å²) in [4.78, 5) is 3.09. The third kappa shape index (κ3) is 16.0. The molecule has 0 atom stereocenters. The van der Waals surface area contributed by atoms with E-state index in [0.29, 0.717) is 52.9 Å². The molecule has 0 aliphatic carbocycles. The fraction of sp³-hybridized carbons (Fsp3) is 0.467. The molecule has 0 saturated carbocycles. The van der Waals surface area contributed by atoms with Crippen molar-refractivity contribution in [3.63, 3.8) is 0 Å². The summed E-state index contributed by atoms with van der Waals surface area (Å²) in [5.41, 5.74) is 2.36. The predicted molar refractivity (Wildman–Crippen MR) is 141 cm³/mol. The van der Waals surface area contributed by atoms with Crippen LogP contribution in [-0.4, -0.2) is 78.9 Å². The molecule has 1 aliphatic rings. The number of nitrogens with one attached hydrogen (secondary N) is 2. The molecule has 2 aromatic rings. The van der Waals surface area contributed by atoms with Gasteiger partial charge in [0.25, 0.3) is 0 Å². The molecule has 38 heavy (non-hydrogen) atoms. The van der Waals surface area contributed by atoms with E-state index in [2.05, 4.69) is 47.9 Å². The fourth-order valence-corrected chi connectivity index (χ4v) is 3.80. The van der Waals surface area contributed by atoms with E-state index < -0.39 is 0 Å². The van der Waals surface area contributed by atoms with E-state index in [-0.39, 0.29) is 24.8 Å². The van der Waals surface area contributed by atoms with Gasteiger partial charge < -0.3 is 53.6 Å². The minimum absolute atomic E-state index is 0. The Kier molecular flexibility index (Phi) is 20.4. The van der Waals surface area contributed by atoms with Crippen molar-refractivity contribution in [1.82, 2.24) is 0 Å². The van der Waals surface area contributed by atoms with E-state index in [4.69, 9.17) is 18.9 Å². The van der Waals surface area contributed by atoms with E-state index in [1.54, 1.807) is 9.80 Å². The lowest BCUT2D eigenvalue weighted by molar-refractivity contribution is -1.01. The van der Waals surface area contributed by atoms with Gasteiger partial charge in [0.05, 0.1) is 39.6 Å². The van der Waals surface area contributed by atoms with Crippen molar-refractivity contribution in [3.05, 3.63) is 71.8 Å². The lowest BCUT2D eigenvalue weighted by atomic mass is 10.2. The highest BCUT2D eigenvalue weighted by molar-refractivity contribution is 5.14. The number of hydrogen-bond donors (Lipinski definition) is 2. The Labute approximate surface area is 240 Å². The Hall–Kier alpha value is -2.10. The van der Waals surface area contributed by atoms with Crippen LogP contribution in [0.1, 0.15) is 11.1 Å². The number of halogens is 2. The number of ether oxygens (including phenoxy) is 4. The summed E-state index contributed by atoms with van der Waals surface area (Å²) < 4.78 is 22.3. The van der Waals surface area contributed by atoms with Crippen molar-refractivity contribution in [3.8, 4) is 23.7 Å². The Bertz CT molecular complexity index is 871. The molecule has 0 aromatic heterocycles. The second-order valence-corrected chi connectivity index (χ2v) is 8.74. The standard InChI is InChI=1S/C30H38N2O4.2ClH/c1-3-11-29(12-4-1)27-35-25-23-33-21-9-7-15-31-17-19-32(20-18-31)16-8-10-22-34-24-26-36-28-30-13-5-2-6-14-30;;/h1-6,11-14H,15-28H2;2*1H. The molecule has 3 rings (SSSR count). The lowest BCUT2D eigenvalue weighted by Gasteiger charge is -2.27. The zero-order chi connectivity index (χ0) is 24.9. The first-order valence-corrected chi connectivity index (χ1v) is 12.9. The van der Waals surface area contributed by atoms with Crippen molar-refractivity contribution >= 4 is 0 Å². The first-order valence-electron chi connectivity index (χ1n) is 12.9. The molecule has 1 fully saturated rings. The molecule has 2 N–H and O–H groups in total. The summed E-state index contributed by atoms with van der Waals surface area (Å²) in [6.07, 6.45) is 0. The maximum Gasteiger partial charge on any atom is 0.139 e. The molecule has 1 heterocycles. The van der Waals surface area contributed by atoms with Crippen LogP contribution in [-0.2, 0) is 32.2 Å². The molecule has 0 unspecified atom stereocenters. The van der Waals surface area contributed by atoms with Gasteiger partial charge in [0.15, 0.2) is 0 Å². The van der Waals surface area contributed by atoms with Gasteiger partial charge in [-0.3, -0.25) is 0 Å². The van der Waals surface area contributed by atoms with Gasteiger partial charge in [-0.1, -0.05) is 72.5 Å². The van der Waals surface area contributed by atoms with Crippen LogP contribution in [0.5, 0.6) is 0 Å². The van der Waals surface area contributed by atoms with Gasteiger partial charge in [-0.2, -0.15) is 0 Å². The van der Waals surface area contributed by atoms with E-state index in [1.807, 2.05) is 36.4 Å². The summed E-state index contributed by atoms with van der Waals surface area (Å²) in [5, 5.41) is 0. The highest BCUT2D eigenvalue weighted by Gasteiger charge is 2.20. The Morgan fingerprint density at radius 3 is 1.26 bits per heavy atom. The molecule has 2 aromatic carbocycles. The SMILES string of the molecule is C(#CC[NH+]1CC[NH+](CC#CCOCCOCc2ccccc2)CC1)COCCOCc1ccccc1.[Cl-].[Cl-]. The molecule has 0 spiro atoms. The van der Waals surface area contributed by atoms with Crippen LogP contribution in [0.25, 0.3) is 0 Å². The normalized spacial score (nSPS) is 16.1. The van der Waals surface area contributed by atoms with Crippen molar-refractivity contribution in [2.75, 3.05) is 78.9 Å². The highest BCUT2D eigenvalue weighted by Crippen LogP contribution is 2.00. The monoisotopic (exact) mass is 562 g/mol. The van der Waals surface area contributed by atoms with Crippen LogP contribution in [0.2, 0.25) is 0 Å².